The predicted molar refractivity (Wildman–Crippen MR) is 67.6 cm³/mol. The molecule has 0 saturated carbocycles. The lowest BCUT2D eigenvalue weighted by molar-refractivity contribution is 0.254. The molecule has 90 valence electrons. The Kier molecular flexibility index (Phi) is 3.01. The zero-order chi connectivity index (χ0) is 12.5. The molecule has 0 fully saturated rings. The van der Waals surface area contributed by atoms with Gasteiger partial charge in [0.05, 0.1) is 0 Å². The van der Waals surface area contributed by atoms with Crippen molar-refractivity contribution in [2.75, 3.05) is 0 Å². The Balaban J connectivity index is 2.35. The second-order valence-electron chi connectivity index (χ2n) is 5.17. The minimum absolute atomic E-state index is 0.0972. The average molecular weight is 230 g/mol. The summed E-state index contributed by atoms with van der Waals surface area (Å²) in [5, 5.41) is 4.05. The molecule has 3 nitrogen and oxygen atoms in total. The summed E-state index contributed by atoms with van der Waals surface area (Å²) >= 11 is 0. The Morgan fingerprint density at radius 2 is 1.76 bits per heavy atom. The van der Waals surface area contributed by atoms with E-state index in [9.17, 15) is 0 Å². The lowest BCUT2D eigenvalue weighted by atomic mass is 9.81. The number of hydrogen-bond donors (Lipinski definition) is 0. The third-order valence-electron chi connectivity index (χ3n) is 3.45. The first-order chi connectivity index (χ1) is 8.01. The van der Waals surface area contributed by atoms with Gasteiger partial charge in [0.15, 0.2) is 0 Å². The number of rotatable bonds is 3. The van der Waals surface area contributed by atoms with Crippen LogP contribution in [0.4, 0.5) is 0 Å². The summed E-state index contributed by atoms with van der Waals surface area (Å²) < 4.78 is 5.38. The van der Waals surface area contributed by atoms with Gasteiger partial charge in [0, 0.05) is 11.0 Å². The maximum Gasteiger partial charge on any atom is 0.232 e. The van der Waals surface area contributed by atoms with E-state index in [1.54, 1.807) is 0 Å². The van der Waals surface area contributed by atoms with E-state index in [1.165, 1.54) is 0 Å². The number of aromatic nitrogens is 2. The van der Waals surface area contributed by atoms with Crippen molar-refractivity contribution in [3.8, 4) is 11.4 Å². The Morgan fingerprint density at radius 3 is 2.35 bits per heavy atom. The van der Waals surface area contributed by atoms with E-state index in [0.717, 1.165) is 5.56 Å². The van der Waals surface area contributed by atoms with Crippen LogP contribution in [0.1, 0.15) is 33.6 Å². The summed E-state index contributed by atoms with van der Waals surface area (Å²) in [5.41, 5.74) is 0.891. The largest absolute Gasteiger partial charge is 0.338 e. The Labute approximate surface area is 102 Å². The highest BCUT2D eigenvalue weighted by Crippen LogP contribution is 2.31. The molecule has 0 radical (unpaired) electrons. The fourth-order valence-corrected chi connectivity index (χ4v) is 1.44. The molecule has 0 bridgehead atoms. The van der Waals surface area contributed by atoms with Crippen LogP contribution < -0.4 is 0 Å². The van der Waals surface area contributed by atoms with Gasteiger partial charge in [0.2, 0.25) is 11.7 Å². The van der Waals surface area contributed by atoms with Gasteiger partial charge in [-0.3, -0.25) is 0 Å². The van der Waals surface area contributed by atoms with E-state index in [0.29, 0.717) is 17.6 Å². The number of hydrogen-bond acceptors (Lipinski definition) is 3. The fourth-order valence-electron chi connectivity index (χ4n) is 1.44. The topological polar surface area (TPSA) is 38.9 Å². The summed E-state index contributed by atoms with van der Waals surface area (Å²) in [6.45, 7) is 8.57. The van der Waals surface area contributed by atoms with Gasteiger partial charge < -0.3 is 4.52 Å². The molecule has 0 aliphatic carbocycles. The van der Waals surface area contributed by atoms with Crippen LogP contribution in [0, 0.1) is 5.92 Å². The van der Waals surface area contributed by atoms with E-state index in [2.05, 4.69) is 37.8 Å². The van der Waals surface area contributed by atoms with Crippen molar-refractivity contribution >= 4 is 0 Å². The maximum absolute atomic E-state index is 5.38. The number of nitrogens with zero attached hydrogens (tertiary/aromatic N) is 2. The van der Waals surface area contributed by atoms with Gasteiger partial charge in [-0.15, -0.1) is 0 Å². The van der Waals surface area contributed by atoms with Crippen LogP contribution in [0.15, 0.2) is 34.9 Å². The molecule has 0 N–H and O–H groups in total. The third kappa shape index (κ3) is 2.23. The molecule has 1 aromatic heterocycles. The molecule has 0 saturated heterocycles. The summed E-state index contributed by atoms with van der Waals surface area (Å²) in [6, 6.07) is 9.88. The van der Waals surface area contributed by atoms with Crippen molar-refractivity contribution in [3.63, 3.8) is 0 Å². The Hall–Kier alpha value is -1.64. The standard InChI is InChI=1S/C14H18N2O/c1-10(2)14(3,4)13-15-12(16-17-13)11-8-6-5-7-9-11/h5-10H,1-4H3. The minimum Gasteiger partial charge on any atom is -0.338 e. The molecule has 1 aromatic carbocycles. The molecule has 2 aromatic rings. The van der Waals surface area contributed by atoms with Crippen molar-refractivity contribution in [3.05, 3.63) is 36.2 Å². The van der Waals surface area contributed by atoms with Crippen molar-refractivity contribution in [2.45, 2.75) is 33.1 Å². The summed E-state index contributed by atoms with van der Waals surface area (Å²) in [5.74, 6) is 1.81. The van der Waals surface area contributed by atoms with E-state index in [-0.39, 0.29) is 5.41 Å². The van der Waals surface area contributed by atoms with E-state index in [1.807, 2.05) is 30.3 Å². The predicted octanol–water partition coefficient (Wildman–Crippen LogP) is 3.67. The first-order valence-electron chi connectivity index (χ1n) is 5.91. The first kappa shape index (κ1) is 11.8. The smallest absolute Gasteiger partial charge is 0.232 e. The monoisotopic (exact) mass is 230 g/mol. The van der Waals surface area contributed by atoms with Gasteiger partial charge in [-0.2, -0.15) is 4.98 Å². The highest BCUT2D eigenvalue weighted by atomic mass is 16.5. The van der Waals surface area contributed by atoms with E-state index in [4.69, 9.17) is 4.52 Å². The summed E-state index contributed by atoms with van der Waals surface area (Å²) in [6.07, 6.45) is 0. The van der Waals surface area contributed by atoms with Crippen molar-refractivity contribution < 1.29 is 4.52 Å². The molecule has 3 heteroatoms. The van der Waals surface area contributed by atoms with Gasteiger partial charge in [-0.25, -0.2) is 0 Å². The Bertz CT molecular complexity index is 486. The molecule has 0 aliphatic rings. The molecule has 0 atom stereocenters. The van der Waals surface area contributed by atoms with Gasteiger partial charge in [0.25, 0.3) is 0 Å². The van der Waals surface area contributed by atoms with Crippen LogP contribution in [0.5, 0.6) is 0 Å². The van der Waals surface area contributed by atoms with Crippen molar-refractivity contribution in [1.29, 1.82) is 0 Å². The van der Waals surface area contributed by atoms with Crippen LogP contribution in [0.25, 0.3) is 11.4 Å². The zero-order valence-electron chi connectivity index (χ0n) is 10.8. The third-order valence-corrected chi connectivity index (χ3v) is 3.45. The highest BCUT2D eigenvalue weighted by Gasteiger charge is 2.31. The first-order valence-corrected chi connectivity index (χ1v) is 5.91. The molecule has 1 heterocycles. The van der Waals surface area contributed by atoms with Crippen LogP contribution in [0.2, 0.25) is 0 Å². The molecule has 0 aliphatic heterocycles. The Morgan fingerprint density at radius 1 is 1.12 bits per heavy atom. The van der Waals surface area contributed by atoms with Crippen LogP contribution >= 0.6 is 0 Å². The van der Waals surface area contributed by atoms with Crippen molar-refractivity contribution in [1.82, 2.24) is 10.1 Å². The SMILES string of the molecule is CC(C)C(C)(C)c1nc(-c2ccccc2)no1. The lowest BCUT2D eigenvalue weighted by Gasteiger charge is -2.24. The summed E-state index contributed by atoms with van der Waals surface area (Å²) in [4.78, 5) is 4.50. The van der Waals surface area contributed by atoms with E-state index >= 15 is 0 Å². The second kappa shape index (κ2) is 4.32. The van der Waals surface area contributed by atoms with Crippen molar-refractivity contribution in [2.24, 2.45) is 5.92 Å². The summed E-state index contributed by atoms with van der Waals surface area (Å²) in [7, 11) is 0. The molecule has 0 amide bonds. The fraction of sp³-hybridized carbons (Fsp3) is 0.429. The van der Waals surface area contributed by atoms with Crippen LogP contribution in [-0.2, 0) is 5.41 Å². The van der Waals surface area contributed by atoms with Crippen LogP contribution in [-0.4, -0.2) is 10.1 Å². The molecule has 17 heavy (non-hydrogen) atoms. The van der Waals surface area contributed by atoms with E-state index < -0.39 is 0 Å². The van der Waals surface area contributed by atoms with Gasteiger partial charge in [-0.05, 0) is 5.92 Å². The van der Waals surface area contributed by atoms with Gasteiger partial charge in [0.1, 0.15) is 0 Å². The minimum atomic E-state index is -0.0972. The van der Waals surface area contributed by atoms with Gasteiger partial charge >= 0.3 is 0 Å². The molecular formula is C14H18N2O. The quantitative estimate of drug-likeness (QED) is 0.807. The van der Waals surface area contributed by atoms with Crippen LogP contribution in [0.3, 0.4) is 0 Å². The molecule has 0 unspecified atom stereocenters. The average Bonchev–Trinajstić information content (AvgIpc) is 2.80. The zero-order valence-corrected chi connectivity index (χ0v) is 10.8. The highest BCUT2D eigenvalue weighted by molar-refractivity contribution is 5.53. The second-order valence-corrected chi connectivity index (χ2v) is 5.17. The molecule has 2 rings (SSSR count). The normalized spacial score (nSPS) is 12.1. The molecule has 0 spiro atoms. The molecular weight excluding hydrogens is 212 g/mol. The number of benzene rings is 1. The lowest BCUT2D eigenvalue weighted by Crippen LogP contribution is -2.24. The maximum atomic E-state index is 5.38. The van der Waals surface area contributed by atoms with Gasteiger partial charge in [-0.1, -0.05) is 63.2 Å².